The van der Waals surface area contributed by atoms with Crippen LogP contribution in [0.4, 0.5) is 0 Å². The van der Waals surface area contributed by atoms with Crippen molar-refractivity contribution in [3.63, 3.8) is 0 Å². The van der Waals surface area contributed by atoms with Crippen molar-refractivity contribution in [3.8, 4) is 33.4 Å². The van der Waals surface area contributed by atoms with Crippen LogP contribution in [0.1, 0.15) is 94.7 Å². The molecule has 1 aliphatic heterocycles. The molecule has 0 bridgehead atoms. The van der Waals surface area contributed by atoms with Gasteiger partial charge in [-0.1, -0.05) is 149 Å². The van der Waals surface area contributed by atoms with Gasteiger partial charge in [0.25, 0.3) is 0 Å². The minimum absolute atomic E-state index is 0. The third-order valence-corrected chi connectivity index (χ3v) is 15.7. The Kier molecular flexibility index (Phi) is 10.1. The van der Waals surface area contributed by atoms with Gasteiger partial charge in [0, 0.05) is 32.7 Å². The minimum Gasteiger partial charge on any atom is -0.511 e. The van der Waals surface area contributed by atoms with E-state index in [9.17, 15) is 0 Å². The van der Waals surface area contributed by atoms with Crippen LogP contribution < -0.4 is 0 Å². The van der Waals surface area contributed by atoms with E-state index in [0.717, 1.165) is 27.9 Å². The average Bonchev–Trinajstić information content (AvgIpc) is 4.08. The summed E-state index contributed by atoms with van der Waals surface area (Å²) in [6, 6.07) is 70.9. The zero-order valence-corrected chi connectivity index (χ0v) is 42.8. The second kappa shape index (κ2) is 16.0. The molecule has 3 nitrogen and oxygen atoms in total. The molecule has 0 fully saturated rings. The summed E-state index contributed by atoms with van der Waals surface area (Å²) in [5, 5.41) is 0. The van der Waals surface area contributed by atoms with Crippen LogP contribution in [0.25, 0.3) is 33.4 Å². The van der Waals surface area contributed by atoms with Gasteiger partial charge in [-0.15, -0.1) is 22.3 Å². The topological polar surface area (TPSA) is 19.4 Å². The van der Waals surface area contributed by atoms with Crippen LogP contribution in [0.5, 0.6) is 0 Å². The van der Waals surface area contributed by atoms with Crippen molar-refractivity contribution >= 4 is 0 Å². The normalized spacial score (nSPS) is 15.7. The largest absolute Gasteiger partial charge is 0.511 e. The van der Waals surface area contributed by atoms with E-state index in [1.807, 2.05) is 12.3 Å². The molecule has 0 saturated heterocycles. The molecule has 2 heterocycles. The van der Waals surface area contributed by atoms with E-state index >= 15 is 0 Å². The Morgan fingerprint density at radius 3 is 1.17 bits per heavy atom. The molecule has 9 aromatic rings. The molecule has 3 aliphatic carbocycles. The van der Waals surface area contributed by atoms with Crippen molar-refractivity contribution in [2.75, 3.05) is 7.05 Å². The summed E-state index contributed by atoms with van der Waals surface area (Å²) in [7, 11) is 2.11. The fraction of sp³-hybridized carbons (Fsp3) is 0.152. The first kappa shape index (κ1) is 44.2. The van der Waals surface area contributed by atoms with Crippen molar-refractivity contribution in [1.82, 2.24) is 14.8 Å². The van der Waals surface area contributed by atoms with Gasteiger partial charge >= 0.3 is 0 Å². The number of hydrogen-bond acceptors (Lipinski definition) is 3. The monoisotopic (exact) mass is 1080 g/mol. The number of pyridine rings is 1. The Morgan fingerprint density at radius 1 is 0.400 bits per heavy atom. The molecule has 0 atom stereocenters. The Hall–Kier alpha value is -7.06. The molecule has 70 heavy (non-hydrogen) atoms. The second-order valence-electron chi connectivity index (χ2n) is 20.2. The number of benzene rings is 8. The van der Waals surface area contributed by atoms with Crippen molar-refractivity contribution in [2.45, 2.75) is 57.9 Å². The van der Waals surface area contributed by atoms with Crippen LogP contribution in [0, 0.1) is 60.3 Å². The van der Waals surface area contributed by atoms with Gasteiger partial charge in [0.15, 0.2) is 0 Å². The number of nitrogens with zero attached hydrogens (tertiary/aromatic N) is 3. The van der Waals surface area contributed by atoms with Gasteiger partial charge in [0.1, 0.15) is 0 Å². The quantitative estimate of drug-likeness (QED) is 0.155. The second-order valence-corrected chi connectivity index (χ2v) is 20.2. The standard InChI is InChI=1S/C66H52N3.Pt/c1-41-17-23-57-51(32-41)52-33-42(2)18-24-58(52)64(57,47-12-10-14-49(38-47)65(63-16-8-9-29-67-63)59-25-19-43(3)34-53(59)54-35-44(4)20-26-60(54)65)48-13-11-15-50(39-48)66(69-31-30-68(7)40-69)61-27-21-45(5)36-55(61)56-37-46(6)22-28-62(56)66;/h8-37,40H,1-7H3;/q-3;. The van der Waals surface area contributed by atoms with E-state index in [0.29, 0.717) is 0 Å². The van der Waals surface area contributed by atoms with Crippen molar-refractivity contribution in [1.29, 1.82) is 0 Å². The van der Waals surface area contributed by atoms with Gasteiger partial charge in [0.2, 0.25) is 0 Å². The molecule has 0 N–H and O–H groups in total. The summed E-state index contributed by atoms with van der Waals surface area (Å²) in [5.74, 6) is 0. The summed E-state index contributed by atoms with van der Waals surface area (Å²) in [5.41, 5.74) is 25.4. The number of rotatable bonds is 6. The van der Waals surface area contributed by atoms with Gasteiger partial charge < -0.3 is 9.80 Å². The molecule has 4 aliphatic rings. The van der Waals surface area contributed by atoms with Crippen LogP contribution in [0.3, 0.4) is 0 Å². The first-order chi connectivity index (χ1) is 33.5. The molecule has 0 radical (unpaired) electrons. The molecule has 8 aromatic carbocycles. The number of fused-ring (bicyclic) bond motifs is 9. The van der Waals surface area contributed by atoms with E-state index in [2.05, 4.69) is 247 Å². The minimum atomic E-state index is -0.804. The fourth-order valence-corrected chi connectivity index (χ4v) is 12.8. The summed E-state index contributed by atoms with van der Waals surface area (Å²) in [6.45, 7) is 15.5. The fourth-order valence-electron chi connectivity index (χ4n) is 12.8. The molecule has 0 unspecified atom stereocenters. The van der Waals surface area contributed by atoms with Crippen molar-refractivity contribution in [2.24, 2.45) is 0 Å². The van der Waals surface area contributed by atoms with Crippen molar-refractivity contribution < 1.29 is 21.1 Å². The molecule has 13 rings (SSSR count). The molecule has 1 aromatic heterocycles. The summed E-state index contributed by atoms with van der Waals surface area (Å²) >= 11 is 0. The van der Waals surface area contributed by atoms with Crippen LogP contribution in [-0.4, -0.2) is 21.8 Å². The van der Waals surface area contributed by atoms with E-state index in [1.54, 1.807) is 0 Å². The number of aryl methyl sites for hydroxylation is 6. The molecular formula is C66H52N3Pt-3. The van der Waals surface area contributed by atoms with E-state index < -0.39 is 16.4 Å². The SMILES string of the molecule is Cc1ccc2c(c1)-c1cc(C)ccc1C2(c1[c-]c(C2(c3ccccn3)c3ccc(C)cc3-c3cc(C)ccc32)ccc1)c1[c-]c(C2(N3C=CN(C)[CH-]3)c3ccc(C)cc3-c3cc(C)ccc32)ccc1.[Pt]. The van der Waals surface area contributed by atoms with Crippen LogP contribution in [-0.2, 0) is 37.4 Å². The Labute approximate surface area is 427 Å². The smallest absolute Gasteiger partial charge is 0.0686 e. The zero-order valence-electron chi connectivity index (χ0n) is 40.6. The molecular weight excluding hydrogens is 1030 g/mol. The maximum atomic E-state index is 5.26. The van der Waals surface area contributed by atoms with Gasteiger partial charge in [-0.2, -0.15) is 55.2 Å². The zero-order chi connectivity index (χ0) is 47.0. The maximum Gasteiger partial charge on any atom is 0.0686 e. The average molecular weight is 1080 g/mol. The predicted octanol–water partition coefficient (Wildman–Crippen LogP) is 14.4. The van der Waals surface area contributed by atoms with Gasteiger partial charge in [-0.3, -0.25) is 4.98 Å². The molecule has 0 amide bonds. The third kappa shape index (κ3) is 5.94. The Bertz CT molecular complexity index is 3500. The Balaban J connectivity index is 0.00000505. The van der Waals surface area contributed by atoms with Gasteiger partial charge in [-0.05, 0) is 140 Å². The van der Waals surface area contributed by atoms with Crippen LogP contribution in [0.15, 0.2) is 182 Å². The first-order valence-corrected chi connectivity index (χ1v) is 24.2. The van der Waals surface area contributed by atoms with Gasteiger partial charge in [-0.25, -0.2) is 0 Å². The Morgan fingerprint density at radius 2 is 0.771 bits per heavy atom. The number of aromatic nitrogens is 1. The summed E-state index contributed by atoms with van der Waals surface area (Å²) < 4.78 is 0. The molecule has 0 spiro atoms. The number of hydrogen-bond donors (Lipinski definition) is 0. The maximum absolute atomic E-state index is 5.26. The van der Waals surface area contributed by atoms with Crippen LogP contribution in [0.2, 0.25) is 0 Å². The first-order valence-electron chi connectivity index (χ1n) is 24.2. The van der Waals surface area contributed by atoms with E-state index in [4.69, 9.17) is 4.98 Å². The van der Waals surface area contributed by atoms with Gasteiger partial charge in [0.05, 0.1) is 16.6 Å². The third-order valence-electron chi connectivity index (χ3n) is 15.7. The molecule has 4 heteroatoms. The van der Waals surface area contributed by atoms with Crippen molar-refractivity contribution in [3.05, 3.63) is 296 Å². The summed E-state index contributed by atoms with van der Waals surface area (Å²) in [6.07, 6.45) is 6.33. The molecule has 344 valence electrons. The predicted molar refractivity (Wildman–Crippen MR) is 280 cm³/mol. The van der Waals surface area contributed by atoms with E-state index in [-0.39, 0.29) is 21.1 Å². The van der Waals surface area contributed by atoms with Crippen LogP contribution >= 0.6 is 0 Å². The van der Waals surface area contributed by atoms with E-state index in [1.165, 1.54) is 100 Å². The summed E-state index contributed by atoms with van der Waals surface area (Å²) in [4.78, 5) is 9.82. The molecule has 0 saturated carbocycles.